The number of nitrogens with zero attached hydrogens (tertiary/aromatic N) is 1. The van der Waals surface area contributed by atoms with Gasteiger partial charge in [0.2, 0.25) is 0 Å². The molecule has 0 unspecified atom stereocenters. The minimum Gasteiger partial charge on any atom is -0.507 e. The van der Waals surface area contributed by atoms with Crippen LogP contribution in [0.15, 0.2) is 18.2 Å². The monoisotopic (exact) mass is 295 g/mol. The third kappa shape index (κ3) is 4.42. The van der Waals surface area contributed by atoms with Gasteiger partial charge in [-0.25, -0.2) is 4.79 Å². The maximum absolute atomic E-state index is 11.0. The van der Waals surface area contributed by atoms with Crippen molar-refractivity contribution >= 4 is 5.97 Å². The van der Waals surface area contributed by atoms with Crippen molar-refractivity contribution in [2.45, 2.75) is 19.1 Å². The molecule has 0 spiro atoms. The van der Waals surface area contributed by atoms with Crippen molar-refractivity contribution in [3.63, 3.8) is 0 Å². The number of hydrogen-bond donors (Lipinski definition) is 2. The molecule has 1 heterocycles. The molecule has 0 aliphatic carbocycles. The number of morpholine rings is 1. The van der Waals surface area contributed by atoms with E-state index in [4.69, 9.17) is 14.6 Å². The van der Waals surface area contributed by atoms with Gasteiger partial charge in [-0.2, -0.15) is 0 Å². The molecule has 6 heteroatoms. The summed E-state index contributed by atoms with van der Waals surface area (Å²) in [6, 6.07) is 4.71. The third-order valence-corrected chi connectivity index (χ3v) is 3.56. The van der Waals surface area contributed by atoms with E-state index in [0.29, 0.717) is 19.8 Å². The first kappa shape index (κ1) is 15.8. The molecule has 0 bridgehead atoms. The predicted octanol–water partition coefficient (Wildman–Crippen LogP) is 1.33. The van der Waals surface area contributed by atoms with Crippen molar-refractivity contribution in [1.82, 2.24) is 4.90 Å². The lowest BCUT2D eigenvalue weighted by molar-refractivity contribution is -0.0432. The number of carboxylic acid groups (broad SMARTS) is 1. The molecule has 116 valence electrons. The quantitative estimate of drug-likeness (QED) is 0.824. The van der Waals surface area contributed by atoms with E-state index in [1.54, 1.807) is 13.2 Å². The van der Waals surface area contributed by atoms with Crippen LogP contribution in [0.25, 0.3) is 0 Å². The van der Waals surface area contributed by atoms with Crippen LogP contribution in [-0.4, -0.2) is 60.6 Å². The summed E-state index contributed by atoms with van der Waals surface area (Å²) in [5, 5.41) is 18.5. The first-order valence-electron chi connectivity index (χ1n) is 6.98. The minimum atomic E-state index is -1.12. The second-order valence-electron chi connectivity index (χ2n) is 5.17. The summed E-state index contributed by atoms with van der Waals surface area (Å²) in [6.07, 6.45) is 0.998. The number of hydrogen-bond acceptors (Lipinski definition) is 5. The minimum absolute atomic E-state index is 0.0586. The highest BCUT2D eigenvalue weighted by Gasteiger charge is 2.21. The molecule has 0 aromatic heterocycles. The molecule has 1 saturated heterocycles. The first-order valence-corrected chi connectivity index (χ1v) is 6.98. The van der Waals surface area contributed by atoms with E-state index >= 15 is 0 Å². The van der Waals surface area contributed by atoms with Gasteiger partial charge in [0.15, 0.2) is 0 Å². The summed E-state index contributed by atoms with van der Waals surface area (Å²) < 4.78 is 10.7. The van der Waals surface area contributed by atoms with Gasteiger partial charge in [-0.05, 0) is 24.1 Å². The van der Waals surface area contributed by atoms with Crippen molar-refractivity contribution in [2.24, 2.45) is 0 Å². The highest BCUT2D eigenvalue weighted by atomic mass is 16.5. The summed E-state index contributed by atoms with van der Waals surface area (Å²) >= 11 is 0. The lowest BCUT2D eigenvalue weighted by Crippen LogP contribution is -2.42. The summed E-state index contributed by atoms with van der Waals surface area (Å²) in [6.45, 7) is 3.59. The first-order chi connectivity index (χ1) is 10.1. The molecule has 1 aliphatic rings. The fourth-order valence-corrected chi connectivity index (χ4v) is 2.46. The number of aromatic carboxylic acids is 1. The molecule has 1 aliphatic heterocycles. The van der Waals surface area contributed by atoms with Gasteiger partial charge in [-0.1, -0.05) is 6.07 Å². The van der Waals surface area contributed by atoms with Crippen LogP contribution in [0.3, 0.4) is 0 Å². The predicted molar refractivity (Wildman–Crippen MR) is 76.6 cm³/mol. The van der Waals surface area contributed by atoms with E-state index < -0.39 is 5.97 Å². The number of phenols is 1. The molecule has 1 aromatic carbocycles. The van der Waals surface area contributed by atoms with Crippen LogP contribution in [0.1, 0.15) is 22.3 Å². The zero-order chi connectivity index (χ0) is 15.2. The fourth-order valence-electron chi connectivity index (χ4n) is 2.46. The average Bonchev–Trinajstić information content (AvgIpc) is 2.47. The summed E-state index contributed by atoms with van der Waals surface area (Å²) in [4.78, 5) is 13.3. The Hall–Kier alpha value is -1.63. The van der Waals surface area contributed by atoms with Gasteiger partial charge < -0.3 is 19.7 Å². The smallest absolute Gasteiger partial charge is 0.339 e. The second-order valence-corrected chi connectivity index (χ2v) is 5.17. The molecular weight excluding hydrogens is 274 g/mol. The second kappa shape index (κ2) is 7.40. The lowest BCUT2D eigenvalue weighted by atomic mass is 10.1. The SMILES string of the molecule is COCC[C@H]1CN(Cc2ccc(O)c(C(=O)O)c2)CCO1. The molecule has 2 N–H and O–H groups in total. The molecule has 21 heavy (non-hydrogen) atoms. The topological polar surface area (TPSA) is 79.2 Å². The Morgan fingerprint density at radius 1 is 1.52 bits per heavy atom. The number of carbonyl (C=O) groups is 1. The Bertz CT molecular complexity index is 491. The molecule has 2 rings (SSSR count). The van der Waals surface area contributed by atoms with Gasteiger partial charge in [0.05, 0.1) is 12.7 Å². The molecule has 1 atom stereocenters. The van der Waals surface area contributed by atoms with Crippen LogP contribution in [0.2, 0.25) is 0 Å². The van der Waals surface area contributed by atoms with Crippen LogP contribution in [0.4, 0.5) is 0 Å². The molecule has 6 nitrogen and oxygen atoms in total. The molecule has 1 aromatic rings. The van der Waals surface area contributed by atoms with E-state index in [9.17, 15) is 9.90 Å². The van der Waals surface area contributed by atoms with Crippen molar-refractivity contribution in [3.8, 4) is 5.75 Å². The normalized spacial score (nSPS) is 19.6. The number of carboxylic acids is 1. The van der Waals surface area contributed by atoms with Crippen LogP contribution >= 0.6 is 0 Å². The van der Waals surface area contributed by atoms with Crippen molar-refractivity contribution in [2.75, 3.05) is 33.4 Å². The molecule has 0 amide bonds. The summed E-state index contributed by atoms with van der Waals surface area (Å²) in [7, 11) is 1.67. The maximum Gasteiger partial charge on any atom is 0.339 e. The maximum atomic E-state index is 11.0. The Morgan fingerprint density at radius 2 is 2.33 bits per heavy atom. The van der Waals surface area contributed by atoms with Gasteiger partial charge in [-0.3, -0.25) is 4.90 Å². The average molecular weight is 295 g/mol. The van der Waals surface area contributed by atoms with Crippen molar-refractivity contribution in [3.05, 3.63) is 29.3 Å². The zero-order valence-electron chi connectivity index (χ0n) is 12.1. The zero-order valence-corrected chi connectivity index (χ0v) is 12.1. The highest BCUT2D eigenvalue weighted by Crippen LogP contribution is 2.20. The molecule has 0 saturated carbocycles. The van der Waals surface area contributed by atoms with E-state index in [2.05, 4.69) is 4.90 Å². The number of ether oxygens (including phenoxy) is 2. The van der Waals surface area contributed by atoms with E-state index in [-0.39, 0.29) is 17.4 Å². The Kier molecular flexibility index (Phi) is 5.55. The Labute approximate surface area is 123 Å². The van der Waals surface area contributed by atoms with E-state index in [1.165, 1.54) is 12.1 Å². The molecule has 1 fully saturated rings. The van der Waals surface area contributed by atoms with Gasteiger partial charge in [-0.15, -0.1) is 0 Å². The fraction of sp³-hybridized carbons (Fsp3) is 0.533. The van der Waals surface area contributed by atoms with Crippen LogP contribution in [0.5, 0.6) is 5.75 Å². The van der Waals surface area contributed by atoms with Crippen molar-refractivity contribution in [1.29, 1.82) is 0 Å². The van der Waals surface area contributed by atoms with E-state index in [1.807, 2.05) is 0 Å². The van der Waals surface area contributed by atoms with Gasteiger partial charge in [0, 0.05) is 33.4 Å². The van der Waals surface area contributed by atoms with Gasteiger partial charge >= 0.3 is 5.97 Å². The Balaban J connectivity index is 1.97. The highest BCUT2D eigenvalue weighted by molar-refractivity contribution is 5.90. The molecule has 0 radical (unpaired) electrons. The standard InChI is InChI=1S/C15H21NO5/c1-20-6-4-12-10-16(5-7-21-12)9-11-2-3-14(17)13(8-11)15(18)19/h2-3,8,12,17H,4-7,9-10H2,1H3,(H,18,19)/t12-/m0/s1. The third-order valence-electron chi connectivity index (χ3n) is 3.56. The number of methoxy groups -OCH3 is 1. The lowest BCUT2D eigenvalue weighted by Gasteiger charge is -2.33. The summed E-state index contributed by atoms with van der Waals surface area (Å²) in [5.41, 5.74) is 0.814. The summed E-state index contributed by atoms with van der Waals surface area (Å²) in [5.74, 6) is -1.32. The van der Waals surface area contributed by atoms with Gasteiger partial charge in [0.1, 0.15) is 11.3 Å². The van der Waals surface area contributed by atoms with E-state index in [0.717, 1.165) is 25.1 Å². The number of rotatable bonds is 6. The number of aromatic hydroxyl groups is 1. The number of benzene rings is 1. The largest absolute Gasteiger partial charge is 0.507 e. The van der Waals surface area contributed by atoms with Crippen LogP contribution in [-0.2, 0) is 16.0 Å². The van der Waals surface area contributed by atoms with Crippen LogP contribution in [0, 0.1) is 0 Å². The Morgan fingerprint density at radius 3 is 3.05 bits per heavy atom. The van der Waals surface area contributed by atoms with Crippen molar-refractivity contribution < 1.29 is 24.5 Å². The van der Waals surface area contributed by atoms with Crippen LogP contribution < -0.4 is 0 Å². The van der Waals surface area contributed by atoms with Gasteiger partial charge in [0.25, 0.3) is 0 Å². The molecular formula is C15H21NO5.